The van der Waals surface area contributed by atoms with Crippen molar-refractivity contribution in [2.75, 3.05) is 0 Å². The standard InChI is InChI=1S/C20H26N4O3/c1-2-3-12-24-19(25)9-8-17(23-24)20(26)22-14-15-10-11-21-18(13-15)27-16-6-4-5-7-16/h8-11,13,16H,2-7,12,14H2,1H3,(H,22,26). The predicted octanol–water partition coefficient (Wildman–Crippen LogP) is 2.69. The smallest absolute Gasteiger partial charge is 0.271 e. The van der Waals surface area contributed by atoms with Crippen molar-refractivity contribution in [2.45, 2.75) is 64.6 Å². The van der Waals surface area contributed by atoms with Crippen molar-refractivity contribution in [1.82, 2.24) is 20.1 Å². The summed E-state index contributed by atoms with van der Waals surface area (Å²) in [4.78, 5) is 28.4. The van der Waals surface area contributed by atoms with E-state index in [-0.39, 0.29) is 23.3 Å². The number of carbonyl (C=O) groups is 1. The maximum Gasteiger partial charge on any atom is 0.271 e. The summed E-state index contributed by atoms with van der Waals surface area (Å²) in [6, 6.07) is 6.55. The number of hydrogen-bond donors (Lipinski definition) is 1. The lowest BCUT2D eigenvalue weighted by Gasteiger charge is -2.13. The van der Waals surface area contributed by atoms with E-state index in [1.54, 1.807) is 6.20 Å². The van der Waals surface area contributed by atoms with Crippen LogP contribution in [0.1, 0.15) is 61.5 Å². The zero-order chi connectivity index (χ0) is 19.1. The molecule has 0 radical (unpaired) electrons. The normalized spacial score (nSPS) is 14.3. The molecule has 0 saturated heterocycles. The van der Waals surface area contributed by atoms with Gasteiger partial charge >= 0.3 is 0 Å². The van der Waals surface area contributed by atoms with Crippen molar-refractivity contribution in [3.8, 4) is 5.88 Å². The van der Waals surface area contributed by atoms with Gasteiger partial charge in [-0.1, -0.05) is 13.3 Å². The van der Waals surface area contributed by atoms with Crippen LogP contribution in [0.4, 0.5) is 0 Å². The molecule has 27 heavy (non-hydrogen) atoms. The van der Waals surface area contributed by atoms with E-state index in [1.807, 2.05) is 19.1 Å². The van der Waals surface area contributed by atoms with E-state index >= 15 is 0 Å². The van der Waals surface area contributed by atoms with E-state index in [1.165, 1.54) is 29.7 Å². The molecule has 0 spiro atoms. The lowest BCUT2D eigenvalue weighted by Crippen LogP contribution is -2.29. The average Bonchev–Trinajstić information content (AvgIpc) is 3.19. The van der Waals surface area contributed by atoms with Gasteiger partial charge in [-0.3, -0.25) is 9.59 Å². The summed E-state index contributed by atoms with van der Waals surface area (Å²) in [5.74, 6) is 0.287. The third kappa shape index (κ3) is 5.39. The summed E-state index contributed by atoms with van der Waals surface area (Å²) >= 11 is 0. The summed E-state index contributed by atoms with van der Waals surface area (Å²) in [5, 5.41) is 7.00. The van der Waals surface area contributed by atoms with Crippen LogP contribution in [0.5, 0.6) is 5.88 Å². The summed E-state index contributed by atoms with van der Waals surface area (Å²) in [7, 11) is 0. The first-order valence-electron chi connectivity index (χ1n) is 9.63. The quantitative estimate of drug-likeness (QED) is 0.772. The lowest BCUT2D eigenvalue weighted by molar-refractivity contribution is 0.0943. The lowest BCUT2D eigenvalue weighted by atomic mass is 10.2. The molecule has 0 atom stereocenters. The van der Waals surface area contributed by atoms with E-state index in [0.717, 1.165) is 31.2 Å². The van der Waals surface area contributed by atoms with E-state index in [9.17, 15) is 9.59 Å². The van der Waals surface area contributed by atoms with Gasteiger partial charge in [0.1, 0.15) is 11.8 Å². The zero-order valence-electron chi connectivity index (χ0n) is 15.7. The molecule has 0 aliphatic heterocycles. The van der Waals surface area contributed by atoms with Crippen molar-refractivity contribution < 1.29 is 9.53 Å². The molecule has 1 aliphatic carbocycles. The highest BCUT2D eigenvalue weighted by molar-refractivity contribution is 5.91. The first-order chi connectivity index (χ1) is 13.2. The fourth-order valence-corrected chi connectivity index (χ4v) is 3.11. The zero-order valence-corrected chi connectivity index (χ0v) is 15.7. The number of aryl methyl sites for hydroxylation is 1. The molecule has 0 aromatic carbocycles. The van der Waals surface area contributed by atoms with Gasteiger partial charge < -0.3 is 10.1 Å². The molecule has 7 heteroatoms. The van der Waals surface area contributed by atoms with Crippen molar-refractivity contribution in [3.05, 3.63) is 52.1 Å². The molecule has 1 fully saturated rings. The van der Waals surface area contributed by atoms with E-state index in [4.69, 9.17) is 4.74 Å². The predicted molar refractivity (Wildman–Crippen MR) is 102 cm³/mol. The van der Waals surface area contributed by atoms with Crippen LogP contribution in [0.2, 0.25) is 0 Å². The third-order valence-electron chi connectivity index (χ3n) is 4.66. The molecule has 2 aromatic rings. The number of carbonyl (C=O) groups excluding carboxylic acids is 1. The Labute approximate surface area is 158 Å². The van der Waals surface area contributed by atoms with Gasteiger partial charge in [0, 0.05) is 31.4 Å². The Morgan fingerprint density at radius 1 is 1.30 bits per heavy atom. The molecular formula is C20H26N4O3. The Balaban J connectivity index is 1.59. The van der Waals surface area contributed by atoms with Crippen molar-refractivity contribution >= 4 is 5.91 Å². The Bertz CT molecular complexity index is 828. The second kappa shape index (κ2) is 9.30. The highest BCUT2D eigenvalue weighted by Gasteiger charge is 2.17. The number of unbranched alkanes of at least 4 members (excludes halogenated alkanes) is 1. The minimum Gasteiger partial charge on any atom is -0.474 e. The van der Waals surface area contributed by atoms with Crippen LogP contribution in [-0.4, -0.2) is 26.8 Å². The Morgan fingerprint density at radius 2 is 2.11 bits per heavy atom. The fourth-order valence-electron chi connectivity index (χ4n) is 3.11. The second-order valence-corrected chi connectivity index (χ2v) is 6.84. The highest BCUT2D eigenvalue weighted by atomic mass is 16.5. The summed E-state index contributed by atoms with van der Waals surface area (Å²) in [6.45, 7) is 2.90. The minimum atomic E-state index is -0.310. The number of aromatic nitrogens is 3. The Morgan fingerprint density at radius 3 is 2.89 bits per heavy atom. The van der Waals surface area contributed by atoms with Crippen molar-refractivity contribution in [3.63, 3.8) is 0 Å². The topological polar surface area (TPSA) is 86.1 Å². The number of hydrogen-bond acceptors (Lipinski definition) is 5. The third-order valence-corrected chi connectivity index (χ3v) is 4.66. The van der Waals surface area contributed by atoms with Gasteiger partial charge in [0.2, 0.25) is 5.88 Å². The molecular weight excluding hydrogens is 344 g/mol. The van der Waals surface area contributed by atoms with Crippen LogP contribution in [0, 0.1) is 0 Å². The van der Waals surface area contributed by atoms with Gasteiger partial charge in [-0.2, -0.15) is 5.10 Å². The first kappa shape index (κ1) is 19.1. The van der Waals surface area contributed by atoms with Crippen molar-refractivity contribution in [2.24, 2.45) is 0 Å². The van der Waals surface area contributed by atoms with E-state index in [0.29, 0.717) is 19.0 Å². The minimum absolute atomic E-state index is 0.192. The van der Waals surface area contributed by atoms with Gasteiger partial charge in [0.25, 0.3) is 11.5 Å². The largest absolute Gasteiger partial charge is 0.474 e. The van der Waals surface area contributed by atoms with Crippen LogP contribution in [0.15, 0.2) is 35.3 Å². The van der Waals surface area contributed by atoms with Crippen LogP contribution >= 0.6 is 0 Å². The number of rotatable bonds is 8. The van der Waals surface area contributed by atoms with Crippen LogP contribution in [0.3, 0.4) is 0 Å². The van der Waals surface area contributed by atoms with Gasteiger partial charge in [0.05, 0.1) is 0 Å². The monoisotopic (exact) mass is 370 g/mol. The number of amides is 1. The van der Waals surface area contributed by atoms with Gasteiger partial charge in [-0.05, 0) is 49.8 Å². The second-order valence-electron chi connectivity index (χ2n) is 6.84. The molecule has 144 valence electrons. The van der Waals surface area contributed by atoms with Gasteiger partial charge in [-0.15, -0.1) is 0 Å². The summed E-state index contributed by atoms with van der Waals surface area (Å²) in [6.07, 6.45) is 8.29. The van der Waals surface area contributed by atoms with Crippen LogP contribution in [-0.2, 0) is 13.1 Å². The molecule has 2 aromatic heterocycles. The first-order valence-corrected chi connectivity index (χ1v) is 9.63. The maximum atomic E-state index is 12.4. The Hall–Kier alpha value is -2.70. The van der Waals surface area contributed by atoms with Gasteiger partial charge in [-0.25, -0.2) is 9.67 Å². The average molecular weight is 370 g/mol. The summed E-state index contributed by atoms with van der Waals surface area (Å²) < 4.78 is 7.25. The number of nitrogens with one attached hydrogen (secondary N) is 1. The van der Waals surface area contributed by atoms with Crippen LogP contribution in [0.25, 0.3) is 0 Å². The number of pyridine rings is 1. The number of ether oxygens (including phenoxy) is 1. The molecule has 3 rings (SSSR count). The fraction of sp³-hybridized carbons (Fsp3) is 0.500. The van der Waals surface area contributed by atoms with Crippen LogP contribution < -0.4 is 15.6 Å². The van der Waals surface area contributed by atoms with E-state index in [2.05, 4.69) is 15.4 Å². The SMILES string of the molecule is CCCCn1nc(C(=O)NCc2ccnc(OC3CCCC3)c2)ccc1=O. The van der Waals surface area contributed by atoms with Gasteiger partial charge in [0.15, 0.2) is 0 Å². The number of nitrogens with zero attached hydrogens (tertiary/aromatic N) is 3. The maximum absolute atomic E-state index is 12.4. The molecule has 1 saturated carbocycles. The molecule has 7 nitrogen and oxygen atoms in total. The van der Waals surface area contributed by atoms with E-state index < -0.39 is 0 Å². The molecule has 1 aliphatic rings. The van der Waals surface area contributed by atoms with Crippen molar-refractivity contribution in [1.29, 1.82) is 0 Å². The molecule has 1 N–H and O–H groups in total. The molecule has 2 heterocycles. The molecule has 0 unspecified atom stereocenters. The molecule has 1 amide bonds. The molecule has 0 bridgehead atoms. The Kier molecular flexibility index (Phi) is 6.57. The summed E-state index contributed by atoms with van der Waals surface area (Å²) in [5.41, 5.74) is 0.954. The highest BCUT2D eigenvalue weighted by Crippen LogP contribution is 2.23.